The van der Waals surface area contributed by atoms with Gasteiger partial charge < -0.3 is 10.2 Å². The molecule has 0 radical (unpaired) electrons. The minimum Gasteiger partial charge on any atom is -0.352 e. The van der Waals surface area contributed by atoms with E-state index < -0.39 is 16.1 Å². The van der Waals surface area contributed by atoms with E-state index in [2.05, 4.69) is 21.9 Å². The number of hydrogen-bond donors (Lipinski definition) is 2. The molecule has 7 heteroatoms. The lowest BCUT2D eigenvalue weighted by Crippen LogP contribution is -2.52. The van der Waals surface area contributed by atoms with Crippen LogP contribution in [0.3, 0.4) is 0 Å². The lowest BCUT2D eigenvalue weighted by Gasteiger charge is -2.32. The maximum Gasteiger partial charge on any atom is 0.241 e. The second kappa shape index (κ2) is 9.66. The lowest BCUT2D eigenvalue weighted by molar-refractivity contribution is -0.124. The zero-order valence-electron chi connectivity index (χ0n) is 16.9. The molecule has 1 aliphatic heterocycles. The van der Waals surface area contributed by atoms with Crippen LogP contribution in [0.2, 0.25) is 0 Å². The summed E-state index contributed by atoms with van der Waals surface area (Å²) in [5.74, 6) is -0.0299. The van der Waals surface area contributed by atoms with Crippen molar-refractivity contribution in [3.63, 3.8) is 0 Å². The van der Waals surface area contributed by atoms with Crippen molar-refractivity contribution in [2.75, 3.05) is 19.6 Å². The number of hydrogen-bond acceptors (Lipinski definition) is 4. The van der Waals surface area contributed by atoms with Gasteiger partial charge in [-0.15, -0.1) is 0 Å². The van der Waals surface area contributed by atoms with Crippen LogP contribution in [0, 0.1) is 12.8 Å². The predicted molar refractivity (Wildman–Crippen MR) is 108 cm³/mol. The normalized spacial score (nSPS) is 17.8. The quantitative estimate of drug-likeness (QED) is 0.708. The Labute approximate surface area is 163 Å². The second-order valence-electron chi connectivity index (χ2n) is 7.83. The van der Waals surface area contributed by atoms with Gasteiger partial charge in [-0.25, -0.2) is 8.42 Å². The summed E-state index contributed by atoms with van der Waals surface area (Å²) in [6.07, 6.45) is 2.27. The maximum atomic E-state index is 12.8. The minimum absolute atomic E-state index is 0.110. The third-order valence-corrected chi connectivity index (χ3v) is 6.52. The zero-order chi connectivity index (χ0) is 20.0. The molecule has 1 aromatic carbocycles. The molecule has 27 heavy (non-hydrogen) atoms. The molecule has 6 nitrogen and oxygen atoms in total. The molecule has 2 rings (SSSR count). The number of likely N-dealkylation sites (tertiary alicyclic amines) is 1. The van der Waals surface area contributed by atoms with Gasteiger partial charge in [0.15, 0.2) is 0 Å². The zero-order valence-corrected chi connectivity index (χ0v) is 17.7. The number of rotatable bonds is 8. The highest BCUT2D eigenvalue weighted by Gasteiger charge is 2.29. The van der Waals surface area contributed by atoms with Crippen LogP contribution in [-0.2, 0) is 14.8 Å². The van der Waals surface area contributed by atoms with Crippen LogP contribution in [-0.4, -0.2) is 50.9 Å². The van der Waals surface area contributed by atoms with Gasteiger partial charge in [0, 0.05) is 19.1 Å². The van der Waals surface area contributed by atoms with Gasteiger partial charge in [0.05, 0.1) is 4.90 Å². The van der Waals surface area contributed by atoms with E-state index in [0.717, 1.165) is 38.0 Å². The van der Waals surface area contributed by atoms with Crippen LogP contribution in [0.4, 0.5) is 0 Å². The summed E-state index contributed by atoms with van der Waals surface area (Å²) in [6, 6.07) is 6.01. The highest BCUT2D eigenvalue weighted by molar-refractivity contribution is 7.89. The van der Waals surface area contributed by atoms with E-state index in [0.29, 0.717) is 6.42 Å². The van der Waals surface area contributed by atoms with Crippen molar-refractivity contribution in [3.05, 3.63) is 29.8 Å². The summed E-state index contributed by atoms with van der Waals surface area (Å²) in [6.45, 7) is 11.0. The Balaban J connectivity index is 2.05. The molecule has 1 saturated heterocycles. The molecule has 1 heterocycles. The van der Waals surface area contributed by atoms with Crippen molar-refractivity contribution in [2.24, 2.45) is 5.92 Å². The Bertz CT molecular complexity index is 708. The summed E-state index contributed by atoms with van der Waals surface area (Å²) in [7, 11) is -3.74. The molecule has 1 amide bonds. The molecule has 1 atom stereocenters. The molecule has 2 N–H and O–H groups in total. The molecular formula is C20H33N3O3S. The molecule has 0 spiro atoms. The lowest BCUT2D eigenvalue weighted by atomic mass is 10.0. The molecular weight excluding hydrogens is 362 g/mol. The van der Waals surface area contributed by atoms with Gasteiger partial charge in [-0.05, 0) is 50.8 Å². The van der Waals surface area contributed by atoms with E-state index in [1.165, 1.54) is 0 Å². The Kier molecular flexibility index (Phi) is 7.82. The van der Waals surface area contributed by atoms with Crippen molar-refractivity contribution in [1.29, 1.82) is 0 Å². The Morgan fingerprint density at radius 2 is 1.78 bits per heavy atom. The molecule has 1 unspecified atom stereocenters. The summed E-state index contributed by atoms with van der Waals surface area (Å²) in [5.41, 5.74) is 0.990. The molecule has 152 valence electrons. The van der Waals surface area contributed by atoms with Crippen LogP contribution in [0.1, 0.15) is 45.6 Å². The Morgan fingerprint density at radius 1 is 1.19 bits per heavy atom. The standard InChI is InChI=1S/C20H33N3O3S/c1-5-23-12-10-17(11-13-23)21-20(24)19(14-15(2)3)22-27(25,26)18-8-6-16(4)7-9-18/h6-9,15,17,19,22H,5,10-14H2,1-4H3,(H,21,24). The molecule has 0 bridgehead atoms. The van der Waals surface area contributed by atoms with Gasteiger partial charge in [-0.3, -0.25) is 4.79 Å². The van der Waals surface area contributed by atoms with E-state index >= 15 is 0 Å². The van der Waals surface area contributed by atoms with Crippen LogP contribution in [0.5, 0.6) is 0 Å². The largest absolute Gasteiger partial charge is 0.352 e. The van der Waals surface area contributed by atoms with Gasteiger partial charge in [-0.1, -0.05) is 38.5 Å². The van der Waals surface area contributed by atoms with Crippen molar-refractivity contribution < 1.29 is 13.2 Å². The number of aryl methyl sites for hydroxylation is 1. The van der Waals surface area contributed by atoms with Crippen molar-refractivity contribution in [2.45, 2.75) is 63.9 Å². The van der Waals surface area contributed by atoms with E-state index in [4.69, 9.17) is 0 Å². The molecule has 0 aromatic heterocycles. The fourth-order valence-corrected chi connectivity index (χ4v) is 4.56. The minimum atomic E-state index is -3.74. The number of sulfonamides is 1. The van der Waals surface area contributed by atoms with E-state index in [9.17, 15) is 13.2 Å². The van der Waals surface area contributed by atoms with E-state index in [1.54, 1.807) is 24.3 Å². The van der Waals surface area contributed by atoms with E-state index in [1.807, 2.05) is 20.8 Å². The van der Waals surface area contributed by atoms with Crippen LogP contribution < -0.4 is 10.0 Å². The van der Waals surface area contributed by atoms with Gasteiger partial charge in [0.2, 0.25) is 15.9 Å². The molecule has 0 saturated carbocycles. The average Bonchev–Trinajstić information content (AvgIpc) is 2.61. The maximum absolute atomic E-state index is 12.8. The summed E-state index contributed by atoms with van der Waals surface area (Å²) in [5, 5.41) is 3.06. The smallest absolute Gasteiger partial charge is 0.241 e. The fraction of sp³-hybridized carbons (Fsp3) is 0.650. The Hall–Kier alpha value is -1.44. The highest BCUT2D eigenvalue weighted by Crippen LogP contribution is 2.15. The Morgan fingerprint density at radius 3 is 2.30 bits per heavy atom. The summed E-state index contributed by atoms with van der Waals surface area (Å²) < 4.78 is 28.1. The number of carbonyl (C=O) groups is 1. The van der Waals surface area contributed by atoms with Crippen LogP contribution in [0.15, 0.2) is 29.2 Å². The number of nitrogens with zero attached hydrogens (tertiary/aromatic N) is 1. The number of benzene rings is 1. The first kappa shape index (κ1) is 21.9. The first-order chi connectivity index (χ1) is 12.7. The number of amides is 1. The molecule has 0 aliphatic carbocycles. The second-order valence-corrected chi connectivity index (χ2v) is 9.55. The SMILES string of the molecule is CCN1CCC(NC(=O)C(CC(C)C)NS(=O)(=O)c2ccc(C)cc2)CC1. The molecule has 1 aliphatic rings. The van der Waals surface area contributed by atoms with Gasteiger partial charge >= 0.3 is 0 Å². The van der Waals surface area contributed by atoms with Crippen molar-refractivity contribution in [3.8, 4) is 0 Å². The number of nitrogens with one attached hydrogen (secondary N) is 2. The highest BCUT2D eigenvalue weighted by atomic mass is 32.2. The third kappa shape index (κ3) is 6.59. The first-order valence-corrected chi connectivity index (χ1v) is 11.3. The fourth-order valence-electron chi connectivity index (χ4n) is 3.35. The van der Waals surface area contributed by atoms with Crippen LogP contribution in [0.25, 0.3) is 0 Å². The monoisotopic (exact) mass is 395 g/mol. The number of carbonyl (C=O) groups excluding carboxylic acids is 1. The topological polar surface area (TPSA) is 78.5 Å². The summed E-state index contributed by atoms with van der Waals surface area (Å²) in [4.78, 5) is 15.4. The van der Waals surface area contributed by atoms with Gasteiger partial charge in [0.1, 0.15) is 6.04 Å². The van der Waals surface area contributed by atoms with Crippen molar-refractivity contribution in [1.82, 2.24) is 14.9 Å². The summed E-state index contributed by atoms with van der Waals surface area (Å²) >= 11 is 0. The predicted octanol–water partition coefficient (Wildman–Crippen LogP) is 2.29. The number of piperidine rings is 1. The van der Waals surface area contributed by atoms with E-state index in [-0.39, 0.29) is 22.8 Å². The van der Waals surface area contributed by atoms with Gasteiger partial charge in [0.25, 0.3) is 0 Å². The molecule has 1 fully saturated rings. The van der Waals surface area contributed by atoms with Crippen LogP contribution >= 0.6 is 0 Å². The van der Waals surface area contributed by atoms with Gasteiger partial charge in [-0.2, -0.15) is 4.72 Å². The molecule has 1 aromatic rings. The van der Waals surface area contributed by atoms with Crippen molar-refractivity contribution >= 4 is 15.9 Å². The average molecular weight is 396 g/mol. The first-order valence-electron chi connectivity index (χ1n) is 9.83. The third-order valence-electron chi connectivity index (χ3n) is 5.03.